The topological polar surface area (TPSA) is 55.6 Å². The van der Waals surface area contributed by atoms with E-state index < -0.39 is 0 Å². The molecule has 2 saturated heterocycles. The number of likely N-dealkylation sites (tertiary alicyclic amines) is 1. The van der Waals surface area contributed by atoms with Gasteiger partial charge in [-0.15, -0.1) is 0 Å². The maximum atomic E-state index is 10.5. The number of rotatable bonds is 0. The Morgan fingerprint density at radius 1 is 1.60 bits per heavy atom. The minimum Gasteiger partial charge on any atom is -0.371 e. The molecule has 0 atom stereocenters. The summed E-state index contributed by atoms with van der Waals surface area (Å²) in [6.07, 6.45) is 1.08. The Hall–Kier alpha value is -0.770. The molecule has 0 aromatic rings. The number of urea groups is 1. The normalized spacial score (nSPS) is 27.4. The van der Waals surface area contributed by atoms with E-state index in [0.29, 0.717) is 13.1 Å². The van der Waals surface area contributed by atoms with Gasteiger partial charge in [0.2, 0.25) is 0 Å². The van der Waals surface area contributed by atoms with E-state index in [2.05, 4.69) is 0 Å². The van der Waals surface area contributed by atoms with Gasteiger partial charge in [0, 0.05) is 6.42 Å². The van der Waals surface area contributed by atoms with Crippen molar-refractivity contribution in [2.75, 3.05) is 19.7 Å². The van der Waals surface area contributed by atoms with E-state index in [1.54, 1.807) is 4.90 Å². The van der Waals surface area contributed by atoms with Crippen LogP contribution in [0, 0.1) is 0 Å². The third-order valence-corrected chi connectivity index (χ3v) is 2.24. The van der Waals surface area contributed by atoms with Crippen molar-refractivity contribution >= 4 is 6.03 Å². The van der Waals surface area contributed by atoms with Crippen LogP contribution < -0.4 is 5.73 Å². The van der Waals surface area contributed by atoms with E-state index in [1.165, 1.54) is 0 Å². The van der Waals surface area contributed by atoms with E-state index in [0.717, 1.165) is 13.0 Å². The predicted octanol–water partition coefficient (Wildman–Crippen LogP) is -0.460. The second kappa shape index (κ2) is 1.63. The van der Waals surface area contributed by atoms with Crippen molar-refractivity contribution in [2.24, 2.45) is 5.73 Å². The number of nitrogens with zero attached hydrogens (tertiary/aromatic N) is 1. The molecule has 0 aromatic carbocycles. The van der Waals surface area contributed by atoms with Gasteiger partial charge in [-0.05, 0) is 0 Å². The molecule has 2 N–H and O–H groups in total. The van der Waals surface area contributed by atoms with Crippen molar-refractivity contribution < 1.29 is 9.53 Å². The Kier molecular flexibility index (Phi) is 0.976. The molecule has 2 fully saturated rings. The maximum absolute atomic E-state index is 10.5. The molecular formula is C6H10N2O2. The van der Waals surface area contributed by atoms with Crippen LogP contribution in [0.3, 0.4) is 0 Å². The summed E-state index contributed by atoms with van der Waals surface area (Å²) in [5.74, 6) is 0. The first kappa shape index (κ1) is 5.97. The first-order valence-corrected chi connectivity index (χ1v) is 3.40. The van der Waals surface area contributed by atoms with Crippen LogP contribution in [0.15, 0.2) is 0 Å². The minimum atomic E-state index is -0.332. The monoisotopic (exact) mass is 142 g/mol. The average Bonchev–Trinajstić information content (AvgIpc) is 1.54. The van der Waals surface area contributed by atoms with Crippen LogP contribution in [-0.2, 0) is 4.74 Å². The zero-order valence-corrected chi connectivity index (χ0v) is 5.67. The molecule has 2 heterocycles. The van der Waals surface area contributed by atoms with Crippen molar-refractivity contribution in [1.29, 1.82) is 0 Å². The number of hydrogen-bond acceptors (Lipinski definition) is 2. The lowest BCUT2D eigenvalue weighted by molar-refractivity contribution is -0.207. The van der Waals surface area contributed by atoms with E-state index in [9.17, 15) is 4.79 Å². The van der Waals surface area contributed by atoms with Gasteiger partial charge in [-0.1, -0.05) is 0 Å². The van der Waals surface area contributed by atoms with Gasteiger partial charge in [0.1, 0.15) is 5.60 Å². The molecule has 0 radical (unpaired) electrons. The Balaban J connectivity index is 1.88. The molecule has 1 spiro atoms. The van der Waals surface area contributed by atoms with Crippen molar-refractivity contribution in [2.45, 2.75) is 12.0 Å². The molecule has 0 unspecified atom stereocenters. The number of carbonyl (C=O) groups is 1. The maximum Gasteiger partial charge on any atom is 0.314 e. The van der Waals surface area contributed by atoms with Crippen molar-refractivity contribution in [3.63, 3.8) is 0 Å². The van der Waals surface area contributed by atoms with Gasteiger partial charge in [0.15, 0.2) is 0 Å². The SMILES string of the molecule is NC(=O)N1CC2(CCO2)C1. The van der Waals surface area contributed by atoms with Gasteiger partial charge >= 0.3 is 6.03 Å². The Bertz CT molecular complexity index is 169. The second-order valence-corrected chi connectivity index (χ2v) is 2.98. The van der Waals surface area contributed by atoms with Crippen LogP contribution in [0.25, 0.3) is 0 Å². The Labute approximate surface area is 58.9 Å². The Morgan fingerprint density at radius 2 is 2.20 bits per heavy atom. The van der Waals surface area contributed by atoms with E-state index >= 15 is 0 Å². The summed E-state index contributed by atoms with van der Waals surface area (Å²) >= 11 is 0. The van der Waals surface area contributed by atoms with Crippen molar-refractivity contribution in [3.8, 4) is 0 Å². The molecule has 4 nitrogen and oxygen atoms in total. The fraction of sp³-hybridized carbons (Fsp3) is 0.833. The number of nitrogens with two attached hydrogens (primary N) is 1. The van der Waals surface area contributed by atoms with Gasteiger partial charge in [-0.3, -0.25) is 0 Å². The second-order valence-electron chi connectivity index (χ2n) is 2.98. The zero-order chi connectivity index (χ0) is 7.19. The molecular weight excluding hydrogens is 132 g/mol. The molecule has 2 amide bonds. The van der Waals surface area contributed by atoms with Crippen molar-refractivity contribution in [3.05, 3.63) is 0 Å². The number of primary amides is 1. The van der Waals surface area contributed by atoms with Crippen LogP contribution in [-0.4, -0.2) is 36.2 Å². The van der Waals surface area contributed by atoms with E-state index in [-0.39, 0.29) is 11.6 Å². The highest BCUT2D eigenvalue weighted by Crippen LogP contribution is 2.35. The summed E-state index contributed by atoms with van der Waals surface area (Å²) in [5.41, 5.74) is 5.05. The van der Waals surface area contributed by atoms with Gasteiger partial charge in [-0.25, -0.2) is 4.79 Å². The largest absolute Gasteiger partial charge is 0.371 e. The Morgan fingerprint density at radius 3 is 2.50 bits per heavy atom. The third kappa shape index (κ3) is 0.623. The minimum absolute atomic E-state index is 0.0228. The molecule has 0 bridgehead atoms. The summed E-state index contributed by atoms with van der Waals surface area (Å²) in [6, 6.07) is -0.332. The van der Waals surface area contributed by atoms with Crippen molar-refractivity contribution in [1.82, 2.24) is 4.90 Å². The first-order chi connectivity index (χ1) is 4.72. The quantitative estimate of drug-likeness (QED) is 0.497. The molecule has 2 aliphatic heterocycles. The summed E-state index contributed by atoms with van der Waals surface area (Å²) in [5, 5.41) is 0. The van der Waals surface area contributed by atoms with Gasteiger partial charge < -0.3 is 15.4 Å². The van der Waals surface area contributed by atoms with Crippen LogP contribution in [0.4, 0.5) is 4.79 Å². The number of carbonyl (C=O) groups excluding carboxylic acids is 1. The van der Waals surface area contributed by atoms with Crippen LogP contribution in [0.1, 0.15) is 6.42 Å². The lowest BCUT2D eigenvalue weighted by atomic mass is 9.87. The fourth-order valence-electron chi connectivity index (χ4n) is 1.45. The summed E-state index contributed by atoms with van der Waals surface area (Å²) in [4.78, 5) is 12.1. The summed E-state index contributed by atoms with van der Waals surface area (Å²) in [7, 11) is 0. The fourth-order valence-corrected chi connectivity index (χ4v) is 1.45. The third-order valence-electron chi connectivity index (χ3n) is 2.24. The molecule has 0 aromatic heterocycles. The molecule has 56 valence electrons. The van der Waals surface area contributed by atoms with Gasteiger partial charge in [0.05, 0.1) is 19.7 Å². The number of hydrogen-bond donors (Lipinski definition) is 1. The lowest BCUT2D eigenvalue weighted by Gasteiger charge is -2.54. The van der Waals surface area contributed by atoms with E-state index in [1.807, 2.05) is 0 Å². The molecule has 10 heavy (non-hydrogen) atoms. The number of amides is 2. The first-order valence-electron chi connectivity index (χ1n) is 3.40. The predicted molar refractivity (Wildman–Crippen MR) is 34.5 cm³/mol. The van der Waals surface area contributed by atoms with Crippen LogP contribution in [0.5, 0.6) is 0 Å². The highest BCUT2D eigenvalue weighted by Gasteiger charge is 2.50. The van der Waals surface area contributed by atoms with Crippen LogP contribution in [0.2, 0.25) is 0 Å². The molecule has 0 saturated carbocycles. The zero-order valence-electron chi connectivity index (χ0n) is 5.67. The van der Waals surface area contributed by atoms with Gasteiger partial charge in [0.25, 0.3) is 0 Å². The standard InChI is InChI=1S/C6H10N2O2/c7-5(9)8-3-6(4-8)1-2-10-6/h1-4H2,(H2,7,9). The van der Waals surface area contributed by atoms with E-state index in [4.69, 9.17) is 10.5 Å². The summed E-state index contributed by atoms with van der Waals surface area (Å²) < 4.78 is 5.29. The molecule has 2 aliphatic rings. The van der Waals surface area contributed by atoms with Gasteiger partial charge in [-0.2, -0.15) is 0 Å². The van der Waals surface area contributed by atoms with Crippen LogP contribution >= 0.6 is 0 Å². The molecule has 4 heteroatoms. The highest BCUT2D eigenvalue weighted by atomic mass is 16.5. The molecule has 2 rings (SSSR count). The highest BCUT2D eigenvalue weighted by molar-refractivity contribution is 5.73. The summed E-state index contributed by atoms with van der Waals surface area (Å²) in [6.45, 7) is 2.23. The molecule has 0 aliphatic carbocycles. The average molecular weight is 142 g/mol. The lowest BCUT2D eigenvalue weighted by Crippen LogP contribution is -2.70. The smallest absolute Gasteiger partial charge is 0.314 e. The number of ether oxygens (including phenoxy) is 1.